The van der Waals surface area contributed by atoms with Crippen LogP contribution >= 0.6 is 0 Å². The number of hydrogen-bond donors (Lipinski definition) is 2. The van der Waals surface area contributed by atoms with E-state index in [9.17, 15) is 15.0 Å². The van der Waals surface area contributed by atoms with Crippen molar-refractivity contribution in [2.24, 2.45) is 46.3 Å². The fraction of sp³-hybridized carbons (Fsp3) is 0.967. The Hall–Kier alpha value is -0.393. The molecule has 0 aromatic heterocycles. The Kier molecular flexibility index (Phi) is 7.43. The molecule has 5 heteroatoms. The van der Waals surface area contributed by atoms with Gasteiger partial charge in [-0.1, -0.05) is 41.5 Å². The molecule has 0 radical (unpaired) electrons. The molecule has 4 fully saturated rings. The number of hydrogen-bond acceptors (Lipinski definition) is 3. The second kappa shape index (κ2) is 9.41. The standard InChI is InChI=1S/C30H54O4Si/c1-19(9-14-27(32)33)23-12-13-24-22-11-10-20-17-21(34-35(7,8)28(2,3)4)15-16-29(20,5)25(22)18-26(31)30(23,24)6/h19-26,31H,9-18H2,1-8H3,(H,32,33)/t19-,20-,21-,22+,23-,24+,25+,26+,29+,30-/m1/s1. The monoisotopic (exact) mass is 506 g/mol. The summed E-state index contributed by atoms with van der Waals surface area (Å²) in [7, 11) is -1.76. The molecule has 4 rings (SSSR count). The van der Waals surface area contributed by atoms with Crippen LogP contribution in [0.2, 0.25) is 18.1 Å². The Morgan fingerprint density at radius 3 is 2.37 bits per heavy atom. The molecule has 0 amide bonds. The summed E-state index contributed by atoms with van der Waals surface area (Å²) < 4.78 is 6.91. The zero-order valence-corrected chi connectivity index (χ0v) is 24.9. The van der Waals surface area contributed by atoms with Crippen molar-refractivity contribution in [2.75, 3.05) is 0 Å². The van der Waals surface area contributed by atoms with Crippen LogP contribution in [0.15, 0.2) is 0 Å². The van der Waals surface area contributed by atoms with Crippen molar-refractivity contribution in [3.05, 3.63) is 0 Å². The SMILES string of the molecule is C[C@H](CCC(=O)O)[C@H]1CC[C@H]2[C@@H]3CC[C@@H]4C[C@H](O[Si](C)(C)C(C)(C)C)CC[C@]4(C)[C@H]3C[C@H](O)[C@]12C. The van der Waals surface area contributed by atoms with Gasteiger partial charge < -0.3 is 14.6 Å². The summed E-state index contributed by atoms with van der Waals surface area (Å²) in [5.74, 6) is 2.77. The van der Waals surface area contributed by atoms with E-state index in [2.05, 4.69) is 54.6 Å². The highest BCUT2D eigenvalue weighted by molar-refractivity contribution is 6.74. The van der Waals surface area contributed by atoms with E-state index in [0.29, 0.717) is 35.2 Å². The van der Waals surface area contributed by atoms with Gasteiger partial charge in [-0.15, -0.1) is 0 Å². The lowest BCUT2D eigenvalue weighted by Crippen LogP contribution is -2.59. The fourth-order valence-electron chi connectivity index (χ4n) is 9.40. The molecule has 0 spiro atoms. The fourth-order valence-corrected chi connectivity index (χ4v) is 10.8. The van der Waals surface area contributed by atoms with Crippen molar-refractivity contribution in [1.82, 2.24) is 0 Å². The van der Waals surface area contributed by atoms with Crippen molar-refractivity contribution in [1.29, 1.82) is 0 Å². The molecule has 202 valence electrons. The summed E-state index contributed by atoms with van der Waals surface area (Å²) in [6.45, 7) is 19.0. The molecule has 0 saturated heterocycles. The van der Waals surface area contributed by atoms with Gasteiger partial charge in [0.25, 0.3) is 0 Å². The number of carboxylic acids is 1. The maximum absolute atomic E-state index is 11.7. The van der Waals surface area contributed by atoms with E-state index in [1.165, 1.54) is 38.5 Å². The summed E-state index contributed by atoms with van der Waals surface area (Å²) in [5, 5.41) is 21.2. The van der Waals surface area contributed by atoms with Gasteiger partial charge in [0.15, 0.2) is 8.32 Å². The highest BCUT2D eigenvalue weighted by Gasteiger charge is 2.64. The number of carboxylic acid groups (broad SMARTS) is 1. The topological polar surface area (TPSA) is 66.8 Å². The first kappa shape index (κ1) is 27.6. The molecule has 0 aromatic carbocycles. The van der Waals surface area contributed by atoms with E-state index >= 15 is 0 Å². The second-order valence-corrected chi connectivity index (χ2v) is 19.9. The number of aliphatic hydroxyl groups is 1. The third-order valence-electron chi connectivity index (χ3n) is 12.6. The maximum atomic E-state index is 11.7. The number of aliphatic carboxylic acids is 1. The number of carbonyl (C=O) groups is 1. The van der Waals surface area contributed by atoms with Crippen LogP contribution in [0.4, 0.5) is 0 Å². The van der Waals surface area contributed by atoms with Crippen LogP contribution in [0, 0.1) is 46.3 Å². The van der Waals surface area contributed by atoms with Gasteiger partial charge in [0.1, 0.15) is 0 Å². The minimum Gasteiger partial charge on any atom is -0.481 e. The summed E-state index contributed by atoms with van der Waals surface area (Å²) in [5.41, 5.74) is 0.274. The number of rotatable bonds is 6. The molecule has 4 aliphatic carbocycles. The van der Waals surface area contributed by atoms with Gasteiger partial charge in [-0.3, -0.25) is 4.79 Å². The zero-order chi connectivity index (χ0) is 26.0. The van der Waals surface area contributed by atoms with Gasteiger partial charge in [0.05, 0.1) is 6.10 Å². The minimum absolute atomic E-state index is 0.0507. The average Bonchev–Trinajstić information content (AvgIpc) is 3.11. The van der Waals surface area contributed by atoms with Gasteiger partial charge >= 0.3 is 5.97 Å². The van der Waals surface area contributed by atoms with E-state index in [4.69, 9.17) is 4.43 Å². The summed E-state index contributed by atoms with van der Waals surface area (Å²) in [4.78, 5) is 11.2. The summed E-state index contributed by atoms with van der Waals surface area (Å²) in [6.07, 6.45) is 10.7. The van der Waals surface area contributed by atoms with Crippen LogP contribution in [0.1, 0.15) is 106 Å². The smallest absolute Gasteiger partial charge is 0.303 e. The summed E-state index contributed by atoms with van der Waals surface area (Å²) in [6, 6.07) is 0. The van der Waals surface area contributed by atoms with Crippen LogP contribution in [-0.4, -0.2) is 36.7 Å². The van der Waals surface area contributed by atoms with Crippen LogP contribution in [0.5, 0.6) is 0 Å². The third-order valence-corrected chi connectivity index (χ3v) is 17.1. The number of fused-ring (bicyclic) bond motifs is 5. The lowest BCUT2D eigenvalue weighted by atomic mass is 9.43. The minimum atomic E-state index is -1.76. The first-order valence-corrected chi connectivity index (χ1v) is 17.6. The van der Waals surface area contributed by atoms with E-state index < -0.39 is 14.3 Å². The van der Waals surface area contributed by atoms with Gasteiger partial charge in [-0.05, 0) is 122 Å². The average molecular weight is 507 g/mol. The molecule has 4 saturated carbocycles. The predicted molar refractivity (Wildman–Crippen MR) is 145 cm³/mol. The highest BCUT2D eigenvalue weighted by atomic mass is 28.4. The van der Waals surface area contributed by atoms with Crippen molar-refractivity contribution in [3.63, 3.8) is 0 Å². The van der Waals surface area contributed by atoms with Crippen LogP contribution in [0.25, 0.3) is 0 Å². The first-order chi connectivity index (χ1) is 16.1. The Morgan fingerprint density at radius 2 is 1.74 bits per heavy atom. The molecule has 35 heavy (non-hydrogen) atoms. The first-order valence-electron chi connectivity index (χ1n) is 14.7. The Bertz CT molecular complexity index is 790. The second-order valence-electron chi connectivity index (χ2n) is 15.1. The van der Waals surface area contributed by atoms with E-state index in [1.807, 2.05) is 0 Å². The largest absolute Gasteiger partial charge is 0.481 e. The van der Waals surface area contributed by atoms with Crippen LogP contribution in [0.3, 0.4) is 0 Å². The molecule has 10 atom stereocenters. The Morgan fingerprint density at radius 1 is 1.06 bits per heavy atom. The molecule has 0 heterocycles. The molecule has 0 bridgehead atoms. The molecule has 0 aromatic rings. The lowest BCUT2D eigenvalue weighted by Gasteiger charge is -2.63. The van der Waals surface area contributed by atoms with Crippen LogP contribution in [-0.2, 0) is 9.22 Å². The van der Waals surface area contributed by atoms with Gasteiger partial charge in [-0.2, -0.15) is 0 Å². The van der Waals surface area contributed by atoms with Gasteiger partial charge in [-0.25, -0.2) is 0 Å². The van der Waals surface area contributed by atoms with Crippen molar-refractivity contribution < 1.29 is 19.4 Å². The quantitative estimate of drug-likeness (QED) is 0.366. The molecule has 0 aliphatic heterocycles. The predicted octanol–water partition coefficient (Wildman–Crippen LogP) is 7.51. The lowest BCUT2D eigenvalue weighted by molar-refractivity contribution is -0.174. The van der Waals surface area contributed by atoms with Crippen molar-refractivity contribution in [3.8, 4) is 0 Å². The Labute approximate surface area is 216 Å². The van der Waals surface area contributed by atoms with Gasteiger partial charge in [0, 0.05) is 12.5 Å². The molecule has 0 unspecified atom stereocenters. The molecule has 2 N–H and O–H groups in total. The molecule has 4 aliphatic rings. The third kappa shape index (κ3) is 4.69. The van der Waals surface area contributed by atoms with E-state index in [-0.39, 0.29) is 23.0 Å². The highest BCUT2D eigenvalue weighted by Crippen LogP contribution is 2.68. The molecule has 4 nitrogen and oxygen atoms in total. The maximum Gasteiger partial charge on any atom is 0.303 e. The molecular formula is C30H54O4Si. The summed E-state index contributed by atoms with van der Waals surface area (Å²) >= 11 is 0. The van der Waals surface area contributed by atoms with Gasteiger partial charge in [0.2, 0.25) is 0 Å². The van der Waals surface area contributed by atoms with E-state index in [1.54, 1.807) is 0 Å². The van der Waals surface area contributed by atoms with Crippen molar-refractivity contribution in [2.45, 2.75) is 136 Å². The molecular weight excluding hydrogens is 452 g/mol. The normalized spacial score (nSPS) is 44.8. The number of aliphatic hydroxyl groups excluding tert-OH is 1. The Balaban J connectivity index is 1.48. The van der Waals surface area contributed by atoms with Crippen molar-refractivity contribution >= 4 is 14.3 Å². The van der Waals surface area contributed by atoms with Crippen LogP contribution < -0.4 is 0 Å². The zero-order valence-electron chi connectivity index (χ0n) is 23.9. The van der Waals surface area contributed by atoms with E-state index in [0.717, 1.165) is 31.1 Å².